The molecule has 0 aromatic rings. The van der Waals surface area contributed by atoms with Crippen molar-refractivity contribution < 1.29 is 0 Å². The largest absolute Gasteiger partial charge is 0.312 e. The quantitative estimate of drug-likeness (QED) is 0.824. The summed E-state index contributed by atoms with van der Waals surface area (Å²) in [5.74, 6) is 0.880. The SMILES string of the molecule is CN(C)C1CCN(C2CCC2CNC(C)(C)C)C1. The molecule has 1 heterocycles. The van der Waals surface area contributed by atoms with Crippen LogP contribution in [-0.4, -0.2) is 61.2 Å². The van der Waals surface area contributed by atoms with Crippen molar-refractivity contribution in [2.75, 3.05) is 33.7 Å². The van der Waals surface area contributed by atoms with Crippen LogP contribution in [0.2, 0.25) is 0 Å². The molecule has 1 N–H and O–H groups in total. The zero-order chi connectivity index (χ0) is 13.3. The van der Waals surface area contributed by atoms with Gasteiger partial charge in [-0.3, -0.25) is 4.90 Å². The third-order valence-corrected chi connectivity index (χ3v) is 4.67. The first-order valence-electron chi connectivity index (χ1n) is 7.52. The van der Waals surface area contributed by atoms with Crippen LogP contribution in [-0.2, 0) is 0 Å². The van der Waals surface area contributed by atoms with Gasteiger partial charge in [0.05, 0.1) is 0 Å². The van der Waals surface area contributed by atoms with E-state index in [0.717, 1.165) is 18.0 Å². The second kappa shape index (κ2) is 5.48. The molecule has 0 spiro atoms. The third-order valence-electron chi connectivity index (χ3n) is 4.67. The first-order valence-corrected chi connectivity index (χ1v) is 7.52. The van der Waals surface area contributed by atoms with Gasteiger partial charge in [0.1, 0.15) is 0 Å². The average Bonchev–Trinajstić information content (AvgIpc) is 2.63. The average molecular weight is 253 g/mol. The lowest BCUT2D eigenvalue weighted by Crippen LogP contribution is -2.52. The van der Waals surface area contributed by atoms with E-state index in [1.807, 2.05) is 0 Å². The first-order chi connectivity index (χ1) is 8.37. The summed E-state index contributed by atoms with van der Waals surface area (Å²) in [4.78, 5) is 5.13. The summed E-state index contributed by atoms with van der Waals surface area (Å²) >= 11 is 0. The van der Waals surface area contributed by atoms with Gasteiger partial charge in [-0.1, -0.05) is 0 Å². The van der Waals surface area contributed by atoms with Crippen molar-refractivity contribution in [2.45, 2.75) is 57.7 Å². The highest BCUT2D eigenvalue weighted by molar-refractivity contribution is 4.95. The highest BCUT2D eigenvalue weighted by Crippen LogP contribution is 2.34. The molecule has 1 aliphatic heterocycles. The van der Waals surface area contributed by atoms with Gasteiger partial charge in [0.15, 0.2) is 0 Å². The van der Waals surface area contributed by atoms with Crippen LogP contribution >= 0.6 is 0 Å². The molecule has 2 fully saturated rings. The van der Waals surface area contributed by atoms with Gasteiger partial charge in [-0.25, -0.2) is 0 Å². The van der Waals surface area contributed by atoms with Gasteiger partial charge >= 0.3 is 0 Å². The topological polar surface area (TPSA) is 18.5 Å². The van der Waals surface area contributed by atoms with E-state index in [-0.39, 0.29) is 5.54 Å². The summed E-state index contributed by atoms with van der Waals surface area (Å²) in [7, 11) is 4.43. The first kappa shape index (κ1) is 14.3. The van der Waals surface area contributed by atoms with Crippen LogP contribution in [0, 0.1) is 5.92 Å². The van der Waals surface area contributed by atoms with E-state index in [4.69, 9.17) is 0 Å². The van der Waals surface area contributed by atoms with Gasteiger partial charge in [0.25, 0.3) is 0 Å². The monoisotopic (exact) mass is 253 g/mol. The molecule has 106 valence electrons. The van der Waals surface area contributed by atoms with Gasteiger partial charge in [-0.05, 0) is 66.6 Å². The van der Waals surface area contributed by atoms with Gasteiger partial charge < -0.3 is 10.2 Å². The molecule has 0 radical (unpaired) electrons. The standard InChI is InChI=1S/C15H31N3/c1-15(2,3)16-10-12-6-7-14(12)18-9-8-13(11-18)17(4)5/h12-14,16H,6-11H2,1-5H3. The molecule has 0 aromatic heterocycles. The minimum atomic E-state index is 0.261. The molecular formula is C15H31N3. The Morgan fingerprint density at radius 2 is 1.89 bits per heavy atom. The number of hydrogen-bond donors (Lipinski definition) is 1. The highest BCUT2D eigenvalue weighted by Gasteiger charge is 2.39. The lowest BCUT2D eigenvalue weighted by Gasteiger charge is -2.44. The van der Waals surface area contributed by atoms with Gasteiger partial charge in [0, 0.05) is 30.7 Å². The minimum absolute atomic E-state index is 0.261. The third kappa shape index (κ3) is 3.46. The van der Waals surface area contributed by atoms with E-state index >= 15 is 0 Å². The van der Waals surface area contributed by atoms with E-state index in [0.29, 0.717) is 0 Å². The predicted octanol–water partition coefficient (Wildman–Crippen LogP) is 1.79. The fraction of sp³-hybridized carbons (Fsp3) is 1.00. The van der Waals surface area contributed by atoms with Crippen LogP contribution in [0.15, 0.2) is 0 Å². The molecule has 1 aliphatic carbocycles. The van der Waals surface area contributed by atoms with Gasteiger partial charge in [-0.2, -0.15) is 0 Å². The molecule has 3 heteroatoms. The van der Waals surface area contributed by atoms with Crippen molar-refractivity contribution in [3.8, 4) is 0 Å². The molecule has 3 unspecified atom stereocenters. The molecule has 2 rings (SSSR count). The Bertz CT molecular complexity index is 269. The Labute approximate surface area is 113 Å². The Kier molecular flexibility index (Phi) is 4.35. The van der Waals surface area contributed by atoms with E-state index < -0.39 is 0 Å². The molecule has 0 bridgehead atoms. The number of nitrogens with zero attached hydrogens (tertiary/aromatic N) is 2. The fourth-order valence-electron chi connectivity index (χ4n) is 3.20. The van der Waals surface area contributed by atoms with Crippen molar-refractivity contribution in [1.29, 1.82) is 0 Å². The summed E-state index contributed by atoms with van der Waals surface area (Å²) < 4.78 is 0. The van der Waals surface area contributed by atoms with E-state index in [1.165, 1.54) is 38.9 Å². The van der Waals surface area contributed by atoms with Crippen molar-refractivity contribution in [2.24, 2.45) is 5.92 Å². The smallest absolute Gasteiger partial charge is 0.0229 e. The van der Waals surface area contributed by atoms with Crippen LogP contribution < -0.4 is 5.32 Å². The Balaban J connectivity index is 1.77. The van der Waals surface area contributed by atoms with Crippen LogP contribution in [0.4, 0.5) is 0 Å². The maximum atomic E-state index is 3.67. The molecule has 0 amide bonds. The summed E-state index contributed by atoms with van der Waals surface area (Å²) in [6.45, 7) is 10.6. The van der Waals surface area contributed by atoms with E-state index in [1.54, 1.807) is 0 Å². The maximum Gasteiger partial charge on any atom is 0.0229 e. The van der Waals surface area contributed by atoms with Crippen molar-refractivity contribution in [3.05, 3.63) is 0 Å². The highest BCUT2D eigenvalue weighted by atomic mass is 15.3. The lowest BCUT2D eigenvalue weighted by atomic mass is 9.78. The van der Waals surface area contributed by atoms with Crippen LogP contribution in [0.1, 0.15) is 40.0 Å². The Hall–Kier alpha value is -0.120. The van der Waals surface area contributed by atoms with Crippen molar-refractivity contribution in [1.82, 2.24) is 15.1 Å². The summed E-state index contributed by atoms with van der Waals surface area (Å²) in [5.41, 5.74) is 0.261. The molecule has 1 saturated carbocycles. The molecule has 2 aliphatic rings. The van der Waals surface area contributed by atoms with Crippen molar-refractivity contribution >= 4 is 0 Å². The number of nitrogens with one attached hydrogen (secondary N) is 1. The zero-order valence-electron chi connectivity index (χ0n) is 12.9. The van der Waals surface area contributed by atoms with Gasteiger partial charge in [-0.15, -0.1) is 0 Å². The van der Waals surface area contributed by atoms with Crippen LogP contribution in [0.5, 0.6) is 0 Å². The predicted molar refractivity (Wildman–Crippen MR) is 77.9 cm³/mol. The molecule has 0 aromatic carbocycles. The summed E-state index contributed by atoms with van der Waals surface area (Å²) in [6.07, 6.45) is 4.18. The number of hydrogen-bond acceptors (Lipinski definition) is 3. The molecule has 18 heavy (non-hydrogen) atoms. The second-order valence-electron chi connectivity index (χ2n) is 7.44. The van der Waals surface area contributed by atoms with Crippen LogP contribution in [0.3, 0.4) is 0 Å². The van der Waals surface area contributed by atoms with Crippen LogP contribution in [0.25, 0.3) is 0 Å². The normalized spacial score (nSPS) is 34.0. The Morgan fingerprint density at radius 3 is 2.33 bits per heavy atom. The second-order valence-corrected chi connectivity index (χ2v) is 7.44. The molecular weight excluding hydrogens is 222 g/mol. The number of rotatable bonds is 4. The molecule has 3 nitrogen and oxygen atoms in total. The molecule has 1 saturated heterocycles. The van der Waals surface area contributed by atoms with E-state index in [2.05, 4.69) is 50.0 Å². The summed E-state index contributed by atoms with van der Waals surface area (Å²) in [5, 5.41) is 3.67. The van der Waals surface area contributed by atoms with E-state index in [9.17, 15) is 0 Å². The maximum absolute atomic E-state index is 3.67. The summed E-state index contributed by atoms with van der Waals surface area (Å²) in [6, 6.07) is 1.63. The number of likely N-dealkylation sites (N-methyl/N-ethyl adjacent to an activating group) is 1. The Morgan fingerprint density at radius 1 is 1.17 bits per heavy atom. The zero-order valence-corrected chi connectivity index (χ0v) is 12.9. The minimum Gasteiger partial charge on any atom is -0.312 e. The lowest BCUT2D eigenvalue weighted by molar-refractivity contribution is 0.0725. The molecule has 3 atom stereocenters. The van der Waals surface area contributed by atoms with Gasteiger partial charge in [0.2, 0.25) is 0 Å². The fourth-order valence-corrected chi connectivity index (χ4v) is 3.20. The van der Waals surface area contributed by atoms with Crippen molar-refractivity contribution in [3.63, 3.8) is 0 Å². The number of likely N-dealkylation sites (tertiary alicyclic amines) is 1.